The Morgan fingerprint density at radius 1 is 0.949 bits per heavy atom. The Hall–Kier alpha value is -4.39. The number of halogens is 1. The number of benzene rings is 3. The molecular formula is C32H31FN4O2. The summed E-state index contributed by atoms with van der Waals surface area (Å²) < 4.78 is 21.2. The van der Waals surface area contributed by atoms with E-state index in [1.54, 1.807) is 13.3 Å². The van der Waals surface area contributed by atoms with Crippen LogP contribution in [0.4, 0.5) is 10.2 Å². The number of carbonyl (C=O) groups excluding carboxylic acids is 1. The topological polar surface area (TPSA) is 61.5 Å². The number of pyridine rings is 1. The second kappa shape index (κ2) is 10.1. The van der Waals surface area contributed by atoms with E-state index in [-0.39, 0.29) is 17.6 Å². The maximum absolute atomic E-state index is 15.8. The van der Waals surface area contributed by atoms with Crippen LogP contribution >= 0.6 is 0 Å². The number of ether oxygens (including phenoxy) is 1. The molecule has 0 unspecified atom stereocenters. The first kappa shape index (κ1) is 24.9. The van der Waals surface area contributed by atoms with Crippen LogP contribution in [0.2, 0.25) is 0 Å². The molecule has 0 radical (unpaired) electrons. The second-order valence-electron chi connectivity index (χ2n) is 10.3. The van der Waals surface area contributed by atoms with Gasteiger partial charge in [-0.15, -0.1) is 0 Å². The molecule has 3 aromatic carbocycles. The molecule has 6 nitrogen and oxygen atoms in total. The van der Waals surface area contributed by atoms with Gasteiger partial charge in [-0.05, 0) is 57.6 Å². The predicted molar refractivity (Wildman–Crippen MR) is 154 cm³/mol. The number of piperazine rings is 1. The number of carbonyl (C=O) groups is 1. The van der Waals surface area contributed by atoms with E-state index in [4.69, 9.17) is 4.74 Å². The lowest BCUT2D eigenvalue weighted by molar-refractivity contribution is 0.0741. The molecule has 1 fully saturated rings. The van der Waals surface area contributed by atoms with Crippen molar-refractivity contribution in [1.82, 2.24) is 14.9 Å². The van der Waals surface area contributed by atoms with Crippen molar-refractivity contribution in [2.75, 3.05) is 38.2 Å². The highest BCUT2D eigenvalue weighted by Crippen LogP contribution is 2.39. The molecule has 6 rings (SSSR count). The highest BCUT2D eigenvalue weighted by Gasteiger charge is 2.27. The smallest absolute Gasteiger partial charge is 0.270 e. The number of anilines is 1. The van der Waals surface area contributed by atoms with E-state index >= 15 is 4.39 Å². The van der Waals surface area contributed by atoms with Crippen LogP contribution in [0.3, 0.4) is 0 Å². The first-order chi connectivity index (χ1) is 19.0. The number of H-pyrrole nitrogens is 1. The van der Waals surface area contributed by atoms with E-state index in [1.807, 2.05) is 61.2 Å². The van der Waals surface area contributed by atoms with Crippen LogP contribution in [0.5, 0.6) is 5.75 Å². The summed E-state index contributed by atoms with van der Waals surface area (Å²) in [6, 6.07) is 21.9. The van der Waals surface area contributed by atoms with Crippen molar-refractivity contribution in [3.8, 4) is 16.9 Å². The normalized spacial score (nSPS) is 14.0. The Morgan fingerprint density at radius 3 is 2.49 bits per heavy atom. The summed E-state index contributed by atoms with van der Waals surface area (Å²) in [4.78, 5) is 25.2. The molecular weight excluding hydrogens is 491 g/mol. The van der Waals surface area contributed by atoms with Crippen LogP contribution < -0.4 is 9.64 Å². The van der Waals surface area contributed by atoms with Gasteiger partial charge in [0.05, 0.1) is 12.6 Å². The summed E-state index contributed by atoms with van der Waals surface area (Å²) in [6.45, 7) is 6.30. The van der Waals surface area contributed by atoms with E-state index < -0.39 is 0 Å². The molecule has 7 heteroatoms. The van der Waals surface area contributed by atoms with Gasteiger partial charge in [-0.3, -0.25) is 4.79 Å². The van der Waals surface area contributed by atoms with E-state index in [0.717, 1.165) is 27.7 Å². The fourth-order valence-corrected chi connectivity index (χ4v) is 5.57. The number of nitrogens with zero attached hydrogens (tertiary/aromatic N) is 3. The van der Waals surface area contributed by atoms with Crippen LogP contribution in [0.1, 0.15) is 35.8 Å². The maximum Gasteiger partial charge on any atom is 0.270 e. The van der Waals surface area contributed by atoms with Gasteiger partial charge in [0.15, 0.2) is 17.4 Å². The molecule has 0 atom stereocenters. The number of methoxy groups -OCH3 is 1. The number of hydrogen-bond donors (Lipinski definition) is 1. The zero-order valence-corrected chi connectivity index (χ0v) is 22.4. The summed E-state index contributed by atoms with van der Waals surface area (Å²) in [7, 11) is 1.63. The second-order valence-corrected chi connectivity index (χ2v) is 10.3. The highest BCUT2D eigenvalue weighted by atomic mass is 19.1. The fourth-order valence-electron chi connectivity index (χ4n) is 5.57. The van der Waals surface area contributed by atoms with Crippen LogP contribution in [0.15, 0.2) is 72.9 Å². The molecule has 1 aliphatic rings. The van der Waals surface area contributed by atoms with Crippen molar-refractivity contribution in [2.24, 2.45) is 0 Å². The third kappa shape index (κ3) is 4.38. The summed E-state index contributed by atoms with van der Waals surface area (Å²) in [5.74, 6) is 1.05. The van der Waals surface area contributed by atoms with Gasteiger partial charge in [-0.2, -0.15) is 0 Å². The van der Waals surface area contributed by atoms with Crippen molar-refractivity contribution in [3.63, 3.8) is 0 Å². The third-order valence-electron chi connectivity index (χ3n) is 7.65. The SMILES string of the molecule is COc1cccnc1N1CCN(C(=O)c2cc3c(-c4cccc5ccccc45)cc(C(C)C)c(F)c3[nH]2)CC1. The molecule has 0 bridgehead atoms. The van der Waals surface area contributed by atoms with E-state index in [9.17, 15) is 4.79 Å². The lowest BCUT2D eigenvalue weighted by Gasteiger charge is -2.35. The van der Waals surface area contributed by atoms with Gasteiger partial charge >= 0.3 is 0 Å². The summed E-state index contributed by atoms with van der Waals surface area (Å²) >= 11 is 0. The summed E-state index contributed by atoms with van der Waals surface area (Å²) in [5, 5.41) is 2.93. The summed E-state index contributed by atoms with van der Waals surface area (Å²) in [6.07, 6.45) is 1.74. The Balaban J connectivity index is 1.36. The summed E-state index contributed by atoms with van der Waals surface area (Å²) in [5.41, 5.74) is 3.36. The number of hydrogen-bond acceptors (Lipinski definition) is 4. The Labute approximate surface area is 227 Å². The average Bonchev–Trinajstić information content (AvgIpc) is 3.43. The van der Waals surface area contributed by atoms with Crippen LogP contribution in [-0.4, -0.2) is 54.1 Å². The van der Waals surface area contributed by atoms with E-state index in [2.05, 4.69) is 39.1 Å². The largest absolute Gasteiger partial charge is 0.493 e. The minimum absolute atomic E-state index is 0.0118. The van der Waals surface area contributed by atoms with Crippen LogP contribution in [0.25, 0.3) is 32.8 Å². The van der Waals surface area contributed by atoms with Crippen molar-refractivity contribution in [2.45, 2.75) is 19.8 Å². The van der Waals surface area contributed by atoms with Gasteiger partial charge in [0, 0.05) is 37.8 Å². The number of nitrogens with one attached hydrogen (secondary N) is 1. The van der Waals surface area contributed by atoms with E-state index in [1.165, 1.54) is 0 Å². The zero-order chi connectivity index (χ0) is 27.1. The molecule has 198 valence electrons. The van der Waals surface area contributed by atoms with Gasteiger partial charge in [0.2, 0.25) is 0 Å². The molecule has 2 aromatic heterocycles. The minimum atomic E-state index is -0.296. The molecule has 39 heavy (non-hydrogen) atoms. The van der Waals surface area contributed by atoms with Gasteiger partial charge in [-0.25, -0.2) is 9.37 Å². The predicted octanol–water partition coefficient (Wildman–Crippen LogP) is 6.62. The Morgan fingerprint density at radius 2 is 1.72 bits per heavy atom. The molecule has 1 aliphatic heterocycles. The fraction of sp³-hybridized carbons (Fsp3) is 0.250. The van der Waals surface area contributed by atoms with Gasteiger partial charge in [0.1, 0.15) is 5.69 Å². The quantitative estimate of drug-likeness (QED) is 0.282. The Kier molecular flexibility index (Phi) is 6.43. The lowest BCUT2D eigenvalue weighted by atomic mass is 9.91. The number of amides is 1. The van der Waals surface area contributed by atoms with Crippen molar-refractivity contribution in [3.05, 3.63) is 90.0 Å². The highest BCUT2D eigenvalue weighted by molar-refractivity contribution is 6.08. The molecule has 0 spiro atoms. The third-order valence-corrected chi connectivity index (χ3v) is 7.65. The standard InChI is InChI=1S/C32H31FN4O2/c1-20(2)24-18-25(23-11-6-9-21-8-4-5-10-22(21)23)26-19-27(35-30(26)29(24)33)32(38)37-16-14-36(15-17-37)31-28(39-3)12-7-13-34-31/h4-13,18-20,35H,14-17H2,1-3H3. The van der Waals surface area contributed by atoms with Crippen molar-refractivity contribution in [1.29, 1.82) is 0 Å². The molecule has 0 saturated carbocycles. The zero-order valence-electron chi connectivity index (χ0n) is 22.4. The maximum atomic E-state index is 15.8. The minimum Gasteiger partial charge on any atom is -0.493 e. The molecule has 1 saturated heterocycles. The van der Waals surface area contributed by atoms with Crippen molar-refractivity contribution >= 4 is 33.4 Å². The van der Waals surface area contributed by atoms with Gasteiger partial charge in [0.25, 0.3) is 5.91 Å². The molecule has 5 aromatic rings. The average molecular weight is 523 g/mol. The number of aromatic amines is 1. The van der Waals surface area contributed by atoms with Crippen LogP contribution in [-0.2, 0) is 0 Å². The monoisotopic (exact) mass is 522 g/mol. The Bertz CT molecular complexity index is 1680. The first-order valence-corrected chi connectivity index (χ1v) is 13.3. The molecule has 1 N–H and O–H groups in total. The first-order valence-electron chi connectivity index (χ1n) is 13.3. The van der Waals surface area contributed by atoms with Gasteiger partial charge < -0.3 is 19.5 Å². The van der Waals surface area contributed by atoms with Crippen LogP contribution in [0, 0.1) is 5.82 Å². The number of rotatable bonds is 5. The molecule has 0 aliphatic carbocycles. The number of aromatic nitrogens is 2. The number of fused-ring (bicyclic) bond motifs is 2. The van der Waals surface area contributed by atoms with Gasteiger partial charge in [-0.1, -0.05) is 56.3 Å². The van der Waals surface area contributed by atoms with E-state index in [0.29, 0.717) is 54.1 Å². The molecule has 1 amide bonds. The molecule has 3 heterocycles. The van der Waals surface area contributed by atoms with Crippen molar-refractivity contribution < 1.29 is 13.9 Å². The lowest BCUT2D eigenvalue weighted by Crippen LogP contribution is -2.49.